The molecular weight excluding hydrogens is 395 g/mol. The van der Waals surface area contributed by atoms with Crippen molar-refractivity contribution >= 4 is 46.1 Å². The van der Waals surface area contributed by atoms with Gasteiger partial charge in [0.2, 0.25) is 11.8 Å². The maximum atomic E-state index is 12.3. The molecule has 0 spiro atoms. The fourth-order valence-electron chi connectivity index (χ4n) is 2.25. The average molecular weight is 411 g/mol. The molecule has 1 amide bonds. The van der Waals surface area contributed by atoms with Gasteiger partial charge in [0.15, 0.2) is 0 Å². The minimum atomic E-state index is -0.243. The maximum Gasteiger partial charge on any atom is 0.257 e. The Bertz CT molecular complexity index is 878. The van der Waals surface area contributed by atoms with Gasteiger partial charge in [-0.1, -0.05) is 35.3 Å². The van der Waals surface area contributed by atoms with Crippen LogP contribution in [0.1, 0.15) is 18.9 Å². The summed E-state index contributed by atoms with van der Waals surface area (Å²) in [5.41, 5.74) is 0.402. The van der Waals surface area contributed by atoms with Crippen molar-refractivity contribution < 1.29 is 9.21 Å². The van der Waals surface area contributed by atoms with E-state index in [4.69, 9.17) is 27.6 Å². The van der Waals surface area contributed by atoms with E-state index in [0.29, 0.717) is 27.5 Å². The Morgan fingerprint density at radius 3 is 2.65 bits per heavy atom. The number of thiophene rings is 1. The van der Waals surface area contributed by atoms with E-state index in [1.165, 1.54) is 11.3 Å². The van der Waals surface area contributed by atoms with Gasteiger partial charge in [0, 0.05) is 0 Å². The van der Waals surface area contributed by atoms with Gasteiger partial charge in [-0.05, 0) is 37.6 Å². The summed E-state index contributed by atoms with van der Waals surface area (Å²) in [5.74, 6) is 0.675. The summed E-state index contributed by atoms with van der Waals surface area (Å²) in [6, 6.07) is 8.65. The van der Waals surface area contributed by atoms with Gasteiger partial charge in [-0.15, -0.1) is 21.5 Å². The topological polar surface area (TPSA) is 71.3 Å². The minimum Gasteiger partial charge on any atom is -0.418 e. The molecule has 0 saturated heterocycles. The van der Waals surface area contributed by atoms with Crippen LogP contribution in [0.2, 0.25) is 10.0 Å². The second kappa shape index (κ2) is 8.18. The molecule has 9 heteroatoms. The fourth-order valence-corrected chi connectivity index (χ4v) is 3.39. The zero-order valence-electron chi connectivity index (χ0n) is 14.1. The van der Waals surface area contributed by atoms with Crippen molar-refractivity contribution in [3.05, 3.63) is 51.6 Å². The number of carbonyl (C=O) groups excluding carboxylic acids is 1. The Hall–Kier alpha value is -1.93. The summed E-state index contributed by atoms with van der Waals surface area (Å²) >= 11 is 13.7. The average Bonchev–Trinajstić information content (AvgIpc) is 3.28. The maximum absolute atomic E-state index is 12.3. The Balaban J connectivity index is 1.64. The summed E-state index contributed by atoms with van der Waals surface area (Å²) in [6.07, 6.45) is 0. The number of nitrogens with one attached hydrogen (secondary N) is 1. The first-order valence-corrected chi connectivity index (χ1v) is 9.40. The second-order valence-corrected chi connectivity index (χ2v) is 7.42. The van der Waals surface area contributed by atoms with Crippen LogP contribution in [0.5, 0.6) is 0 Å². The van der Waals surface area contributed by atoms with Crippen molar-refractivity contribution in [1.82, 2.24) is 15.1 Å². The molecule has 1 atom stereocenters. The monoisotopic (exact) mass is 410 g/mol. The van der Waals surface area contributed by atoms with Gasteiger partial charge < -0.3 is 9.73 Å². The number of halogens is 2. The van der Waals surface area contributed by atoms with Crippen LogP contribution in [0.25, 0.3) is 10.8 Å². The second-order valence-electron chi connectivity index (χ2n) is 5.66. The van der Waals surface area contributed by atoms with Crippen LogP contribution >= 0.6 is 34.5 Å². The predicted molar refractivity (Wildman–Crippen MR) is 104 cm³/mol. The molecule has 0 aliphatic heterocycles. The normalized spacial score (nSPS) is 12.3. The van der Waals surface area contributed by atoms with Gasteiger partial charge in [-0.2, -0.15) is 0 Å². The molecule has 2 heterocycles. The molecule has 6 nitrogen and oxygen atoms in total. The molecule has 0 aliphatic rings. The Morgan fingerprint density at radius 1 is 1.27 bits per heavy atom. The molecule has 3 rings (SSSR count). The number of benzene rings is 1. The molecular formula is C17H16Cl2N4O2S. The molecule has 136 valence electrons. The highest BCUT2D eigenvalue weighted by Gasteiger charge is 2.22. The third kappa shape index (κ3) is 4.24. The summed E-state index contributed by atoms with van der Waals surface area (Å²) in [7, 11) is 1.80. The van der Waals surface area contributed by atoms with Gasteiger partial charge in [-0.25, -0.2) is 0 Å². The van der Waals surface area contributed by atoms with Crippen molar-refractivity contribution in [2.45, 2.75) is 13.0 Å². The number of nitrogens with zero attached hydrogens (tertiary/aromatic N) is 3. The van der Waals surface area contributed by atoms with E-state index in [2.05, 4.69) is 15.5 Å². The Labute approximate surface area is 164 Å². The molecule has 1 N–H and O–H groups in total. The van der Waals surface area contributed by atoms with Crippen molar-refractivity contribution in [2.75, 3.05) is 18.9 Å². The third-order valence-electron chi connectivity index (χ3n) is 3.81. The van der Waals surface area contributed by atoms with Crippen LogP contribution in [0.4, 0.5) is 5.69 Å². The lowest BCUT2D eigenvalue weighted by molar-refractivity contribution is -0.117. The highest BCUT2D eigenvalue weighted by atomic mass is 35.5. The number of likely N-dealkylation sites (N-methyl/N-ethyl adjacent to an activating group) is 1. The lowest BCUT2D eigenvalue weighted by Gasteiger charge is -2.21. The first-order chi connectivity index (χ1) is 12.5. The lowest BCUT2D eigenvalue weighted by atomic mass is 10.3. The zero-order chi connectivity index (χ0) is 18.7. The first-order valence-electron chi connectivity index (χ1n) is 7.77. The molecule has 3 aromatic rings. The fraction of sp³-hybridized carbons (Fsp3) is 0.235. The molecule has 2 aromatic heterocycles. The van der Waals surface area contributed by atoms with Gasteiger partial charge in [0.05, 0.1) is 33.2 Å². The smallest absolute Gasteiger partial charge is 0.257 e. The van der Waals surface area contributed by atoms with Crippen LogP contribution < -0.4 is 5.32 Å². The lowest BCUT2D eigenvalue weighted by Crippen LogP contribution is -2.32. The molecule has 0 saturated carbocycles. The number of amides is 1. The molecule has 0 bridgehead atoms. The number of rotatable bonds is 6. The largest absolute Gasteiger partial charge is 0.418 e. The Kier molecular flexibility index (Phi) is 5.93. The Morgan fingerprint density at radius 2 is 2.00 bits per heavy atom. The molecule has 0 aliphatic carbocycles. The van der Waals surface area contributed by atoms with Gasteiger partial charge in [0.1, 0.15) is 0 Å². The highest BCUT2D eigenvalue weighted by molar-refractivity contribution is 7.13. The minimum absolute atomic E-state index is 0.111. The van der Waals surface area contributed by atoms with E-state index in [1.807, 2.05) is 24.4 Å². The number of carbonyl (C=O) groups is 1. The van der Waals surface area contributed by atoms with E-state index in [0.717, 1.165) is 4.88 Å². The third-order valence-corrected chi connectivity index (χ3v) is 5.30. The van der Waals surface area contributed by atoms with E-state index < -0.39 is 0 Å². The molecule has 1 aromatic carbocycles. The number of hydrogen-bond donors (Lipinski definition) is 1. The van der Waals surface area contributed by atoms with Crippen LogP contribution in [-0.4, -0.2) is 34.6 Å². The van der Waals surface area contributed by atoms with Crippen LogP contribution in [-0.2, 0) is 4.79 Å². The van der Waals surface area contributed by atoms with Crippen molar-refractivity contribution in [1.29, 1.82) is 0 Å². The standard InChI is InChI=1S/C17H16Cl2N4O2S/c1-10(16-21-22-17(25-16)13-7-4-8-26-13)23(2)9-14(24)20-15-11(18)5-3-6-12(15)19/h3-8,10H,9H2,1-2H3,(H,20,24)/t10-/m0/s1. The van der Waals surface area contributed by atoms with Crippen molar-refractivity contribution in [3.8, 4) is 10.8 Å². The van der Waals surface area contributed by atoms with E-state index in [1.54, 1.807) is 30.1 Å². The van der Waals surface area contributed by atoms with E-state index >= 15 is 0 Å². The number of hydrogen-bond acceptors (Lipinski definition) is 6. The van der Waals surface area contributed by atoms with Crippen LogP contribution in [0.15, 0.2) is 40.1 Å². The van der Waals surface area contributed by atoms with E-state index in [-0.39, 0.29) is 18.5 Å². The number of anilines is 1. The van der Waals surface area contributed by atoms with Crippen molar-refractivity contribution in [3.63, 3.8) is 0 Å². The van der Waals surface area contributed by atoms with Crippen LogP contribution in [0.3, 0.4) is 0 Å². The molecule has 26 heavy (non-hydrogen) atoms. The highest BCUT2D eigenvalue weighted by Crippen LogP contribution is 2.30. The zero-order valence-corrected chi connectivity index (χ0v) is 16.4. The van der Waals surface area contributed by atoms with Crippen molar-refractivity contribution in [2.24, 2.45) is 0 Å². The van der Waals surface area contributed by atoms with Gasteiger partial charge >= 0.3 is 0 Å². The first kappa shape index (κ1) is 18.8. The van der Waals surface area contributed by atoms with Crippen LogP contribution in [0, 0.1) is 0 Å². The molecule has 0 radical (unpaired) electrons. The summed E-state index contributed by atoms with van der Waals surface area (Å²) in [5, 5.41) is 13.6. The quantitative estimate of drug-likeness (QED) is 0.635. The predicted octanol–water partition coefficient (Wildman–Crippen LogP) is 4.74. The number of aromatic nitrogens is 2. The molecule has 0 fully saturated rings. The number of para-hydroxylation sites is 1. The SMILES string of the molecule is C[C@@H](c1nnc(-c2cccs2)o1)N(C)CC(=O)Nc1c(Cl)cccc1Cl. The van der Waals surface area contributed by atoms with Gasteiger partial charge in [-0.3, -0.25) is 9.69 Å². The summed E-state index contributed by atoms with van der Waals surface area (Å²) in [6.45, 7) is 2.00. The molecule has 0 unspecified atom stereocenters. The van der Waals surface area contributed by atoms with E-state index in [9.17, 15) is 4.79 Å². The van der Waals surface area contributed by atoms with Gasteiger partial charge in [0.25, 0.3) is 5.89 Å². The summed E-state index contributed by atoms with van der Waals surface area (Å²) < 4.78 is 5.72. The summed E-state index contributed by atoms with van der Waals surface area (Å²) in [4.78, 5) is 15.0.